The number of hydrogen-bond donors (Lipinski definition) is 1. The molecule has 0 saturated carbocycles. The van der Waals surface area contributed by atoms with Gasteiger partial charge in [-0.15, -0.1) is 0 Å². The zero-order valence-electron chi connectivity index (χ0n) is 9.39. The first-order chi connectivity index (χ1) is 7.18. The monoisotopic (exact) mass is 226 g/mol. The van der Waals surface area contributed by atoms with Crippen molar-refractivity contribution in [3.8, 4) is 0 Å². The van der Waals surface area contributed by atoms with Crippen molar-refractivity contribution in [3.05, 3.63) is 35.9 Å². The van der Waals surface area contributed by atoms with Crippen LogP contribution in [0.25, 0.3) is 0 Å². The summed E-state index contributed by atoms with van der Waals surface area (Å²) < 4.78 is 5.35. The Hall–Kier alpha value is -0.430. The summed E-state index contributed by atoms with van der Waals surface area (Å²) in [5.41, 5.74) is 1.26. The first-order valence-electron chi connectivity index (χ1n) is 5.31. The van der Waals surface area contributed by atoms with Gasteiger partial charge in [-0.2, -0.15) is 0 Å². The summed E-state index contributed by atoms with van der Waals surface area (Å²) in [6.07, 6.45) is 1.62. The number of aryl methyl sites for hydroxylation is 1. The Bertz CT molecular complexity index is 262. The van der Waals surface area contributed by atoms with Gasteiger partial charge >= 0.3 is 0 Å². The van der Waals surface area contributed by atoms with E-state index in [1.165, 1.54) is 5.56 Å². The zero-order chi connectivity index (χ0) is 11.1. The Labute approximate surface area is 93.2 Å². The highest BCUT2D eigenvalue weighted by Gasteiger charge is 2.06. The molecule has 0 fully saturated rings. The molecule has 0 amide bonds. The quantitative estimate of drug-likeness (QED) is 0.755. The van der Waals surface area contributed by atoms with Crippen LogP contribution in [0.2, 0.25) is 0 Å². The Kier molecular flexibility index (Phi) is 5.85. The molecule has 0 saturated heterocycles. The predicted octanol–water partition coefficient (Wildman–Crippen LogP) is 3.21. The first kappa shape index (κ1) is 12.6. The summed E-state index contributed by atoms with van der Waals surface area (Å²) in [5.74, 6) is 0.485. The van der Waals surface area contributed by atoms with Gasteiger partial charge in [-0.3, -0.25) is 0 Å². The smallest absolute Gasteiger partial charge is 0.168 e. The van der Waals surface area contributed by atoms with Gasteiger partial charge in [0.25, 0.3) is 0 Å². The maximum Gasteiger partial charge on any atom is 0.168 e. The van der Waals surface area contributed by atoms with Crippen molar-refractivity contribution in [2.75, 3.05) is 12.8 Å². The number of benzene rings is 1. The molecule has 0 aliphatic carbocycles. The van der Waals surface area contributed by atoms with Crippen LogP contribution in [-0.4, -0.2) is 17.7 Å². The molecule has 0 aliphatic rings. The average Bonchev–Trinajstić information content (AvgIpc) is 2.25. The van der Waals surface area contributed by atoms with E-state index in [1.807, 2.05) is 18.2 Å². The molecule has 0 aromatic heterocycles. The highest BCUT2D eigenvalue weighted by Crippen LogP contribution is 2.32. The van der Waals surface area contributed by atoms with Gasteiger partial charge in [-0.1, -0.05) is 44.2 Å². The lowest BCUT2D eigenvalue weighted by atomic mass is 10.2. The van der Waals surface area contributed by atoms with Crippen LogP contribution in [0, 0.1) is 5.92 Å². The van der Waals surface area contributed by atoms with Crippen molar-refractivity contribution < 1.29 is 9.42 Å². The van der Waals surface area contributed by atoms with Gasteiger partial charge in [0, 0.05) is 6.16 Å². The molecule has 0 spiro atoms. The molecular formula is C12H19O2P. The van der Waals surface area contributed by atoms with Gasteiger partial charge in [0.15, 0.2) is 8.38 Å². The van der Waals surface area contributed by atoms with Gasteiger partial charge < -0.3 is 9.42 Å². The lowest BCUT2D eigenvalue weighted by molar-refractivity contribution is 0.267. The van der Waals surface area contributed by atoms with Crippen LogP contribution in [-0.2, 0) is 10.9 Å². The summed E-state index contributed by atoms with van der Waals surface area (Å²) >= 11 is 0. The molecule has 0 heterocycles. The van der Waals surface area contributed by atoms with Crippen molar-refractivity contribution in [1.82, 2.24) is 0 Å². The van der Waals surface area contributed by atoms with Crippen molar-refractivity contribution in [2.45, 2.75) is 20.3 Å². The maximum atomic E-state index is 9.60. The van der Waals surface area contributed by atoms with E-state index in [0.29, 0.717) is 12.5 Å². The highest BCUT2D eigenvalue weighted by molar-refractivity contribution is 7.46. The van der Waals surface area contributed by atoms with E-state index in [9.17, 15) is 4.89 Å². The Morgan fingerprint density at radius 1 is 1.27 bits per heavy atom. The molecule has 1 aromatic rings. The fourth-order valence-corrected chi connectivity index (χ4v) is 2.22. The molecule has 2 nitrogen and oxygen atoms in total. The summed E-state index contributed by atoms with van der Waals surface area (Å²) in [5, 5.41) is 0. The van der Waals surface area contributed by atoms with Gasteiger partial charge in [0.1, 0.15) is 0 Å². The Balaban J connectivity index is 2.19. The second-order valence-corrected chi connectivity index (χ2v) is 5.41. The third-order valence-electron chi connectivity index (χ3n) is 1.99. The highest BCUT2D eigenvalue weighted by atomic mass is 31.2. The molecule has 1 atom stereocenters. The number of hydrogen-bond acceptors (Lipinski definition) is 2. The summed E-state index contributed by atoms with van der Waals surface area (Å²) in [7, 11) is -1.24. The van der Waals surface area contributed by atoms with Crippen molar-refractivity contribution in [1.29, 1.82) is 0 Å². The summed E-state index contributed by atoms with van der Waals surface area (Å²) in [4.78, 5) is 9.60. The summed E-state index contributed by atoms with van der Waals surface area (Å²) in [6.45, 7) is 4.82. The van der Waals surface area contributed by atoms with E-state index >= 15 is 0 Å². The van der Waals surface area contributed by atoms with Crippen LogP contribution in [0.3, 0.4) is 0 Å². The van der Waals surface area contributed by atoms with Crippen molar-refractivity contribution >= 4 is 8.38 Å². The average molecular weight is 226 g/mol. The van der Waals surface area contributed by atoms with Gasteiger partial charge in [-0.05, 0) is 17.9 Å². The lowest BCUT2D eigenvalue weighted by Gasteiger charge is -2.12. The van der Waals surface area contributed by atoms with Crippen molar-refractivity contribution in [3.63, 3.8) is 0 Å². The van der Waals surface area contributed by atoms with Gasteiger partial charge in [0.2, 0.25) is 0 Å². The molecule has 1 unspecified atom stereocenters. The zero-order valence-corrected chi connectivity index (χ0v) is 10.3. The Morgan fingerprint density at radius 3 is 2.53 bits per heavy atom. The molecular weight excluding hydrogens is 207 g/mol. The number of rotatable bonds is 6. The van der Waals surface area contributed by atoms with E-state index in [4.69, 9.17) is 4.52 Å². The topological polar surface area (TPSA) is 29.5 Å². The third-order valence-corrected chi connectivity index (χ3v) is 3.04. The largest absolute Gasteiger partial charge is 0.350 e. The van der Waals surface area contributed by atoms with E-state index in [1.54, 1.807) is 0 Å². The Morgan fingerprint density at radius 2 is 1.93 bits per heavy atom. The first-order valence-corrected chi connectivity index (χ1v) is 6.71. The predicted molar refractivity (Wildman–Crippen MR) is 64.9 cm³/mol. The maximum absolute atomic E-state index is 9.60. The van der Waals surface area contributed by atoms with Gasteiger partial charge in [0.05, 0.1) is 6.61 Å². The normalized spacial score (nSPS) is 13.1. The van der Waals surface area contributed by atoms with E-state index in [0.717, 1.165) is 12.6 Å². The molecule has 0 radical (unpaired) electrons. The molecule has 0 bridgehead atoms. The SMILES string of the molecule is CC(C)COP(O)CCc1ccccc1. The van der Waals surface area contributed by atoms with Gasteiger partial charge in [-0.25, -0.2) is 0 Å². The minimum Gasteiger partial charge on any atom is -0.350 e. The second kappa shape index (κ2) is 6.95. The molecule has 1 N–H and O–H groups in total. The molecule has 1 rings (SSSR count). The van der Waals surface area contributed by atoms with Crippen LogP contribution in [0.1, 0.15) is 19.4 Å². The molecule has 3 heteroatoms. The fraction of sp³-hybridized carbons (Fsp3) is 0.500. The minimum atomic E-state index is -1.24. The van der Waals surface area contributed by atoms with Crippen molar-refractivity contribution in [2.24, 2.45) is 5.92 Å². The molecule has 1 aromatic carbocycles. The van der Waals surface area contributed by atoms with E-state index < -0.39 is 8.38 Å². The fourth-order valence-electron chi connectivity index (χ4n) is 1.17. The minimum absolute atomic E-state index is 0.485. The van der Waals surface area contributed by atoms with Crippen LogP contribution < -0.4 is 0 Å². The molecule has 0 aliphatic heterocycles. The molecule has 15 heavy (non-hydrogen) atoms. The van der Waals surface area contributed by atoms with Crippen LogP contribution >= 0.6 is 8.38 Å². The lowest BCUT2D eigenvalue weighted by Crippen LogP contribution is -2.00. The van der Waals surface area contributed by atoms with E-state index in [2.05, 4.69) is 26.0 Å². The summed E-state index contributed by atoms with van der Waals surface area (Å²) in [6, 6.07) is 10.2. The van der Waals surface area contributed by atoms with Crippen LogP contribution in [0.15, 0.2) is 30.3 Å². The standard InChI is InChI=1S/C12H19O2P/c1-11(2)10-14-15(13)9-8-12-6-4-3-5-7-12/h3-7,11,13H,8-10H2,1-2H3. The molecule has 84 valence electrons. The second-order valence-electron chi connectivity index (χ2n) is 4.00. The van der Waals surface area contributed by atoms with Crippen LogP contribution in [0.5, 0.6) is 0 Å². The van der Waals surface area contributed by atoms with Crippen LogP contribution in [0.4, 0.5) is 0 Å². The third kappa shape index (κ3) is 5.88. The van der Waals surface area contributed by atoms with E-state index in [-0.39, 0.29) is 0 Å².